The van der Waals surface area contributed by atoms with E-state index in [1.807, 2.05) is 19.9 Å². The fraction of sp³-hybridized carbons (Fsp3) is 0.333. The number of aromatic nitrogens is 1. The molecule has 2 aromatic carbocycles. The summed E-state index contributed by atoms with van der Waals surface area (Å²) in [6.07, 6.45) is 1.47. The molecule has 1 amide bonds. The first-order chi connectivity index (χ1) is 15.7. The van der Waals surface area contributed by atoms with E-state index in [-0.39, 0.29) is 11.3 Å². The number of hydrogen-bond acceptors (Lipinski definition) is 7. The van der Waals surface area contributed by atoms with Crippen molar-refractivity contribution in [3.63, 3.8) is 0 Å². The van der Waals surface area contributed by atoms with Crippen molar-refractivity contribution in [1.82, 2.24) is 4.98 Å². The zero-order valence-electron chi connectivity index (χ0n) is 19.0. The molecule has 1 aromatic heterocycles. The molecule has 4 rings (SSSR count). The van der Waals surface area contributed by atoms with Gasteiger partial charge in [-0.2, -0.15) is 0 Å². The average Bonchev–Trinajstić information content (AvgIpc) is 3.00. The normalized spacial score (nSPS) is 15.7. The molecule has 33 heavy (non-hydrogen) atoms. The second-order valence-corrected chi connectivity index (χ2v) is 10.1. The third-order valence-corrected chi connectivity index (χ3v) is 6.33. The lowest BCUT2D eigenvalue weighted by Crippen LogP contribution is -2.28. The molecular formula is C24H26N2O6S. The molecule has 0 radical (unpaired) electrons. The molecule has 0 spiro atoms. The van der Waals surface area contributed by atoms with Crippen LogP contribution in [0.4, 0.5) is 5.69 Å². The molecule has 2 heterocycles. The third-order valence-electron chi connectivity index (χ3n) is 5.47. The first-order valence-electron chi connectivity index (χ1n) is 10.7. The molecule has 0 fully saturated rings. The second kappa shape index (κ2) is 8.64. The van der Waals surface area contributed by atoms with Gasteiger partial charge in [0, 0.05) is 23.5 Å². The highest BCUT2D eigenvalue weighted by Crippen LogP contribution is 2.49. The predicted molar refractivity (Wildman–Crippen MR) is 126 cm³/mol. The summed E-state index contributed by atoms with van der Waals surface area (Å²) in [4.78, 5) is 19.4. The molecule has 9 heteroatoms. The van der Waals surface area contributed by atoms with E-state index in [1.165, 1.54) is 11.2 Å². The minimum atomic E-state index is -3.21. The van der Waals surface area contributed by atoms with Gasteiger partial charge in [-0.3, -0.25) is 14.7 Å². The number of hydrogen-bond donors (Lipinski definition) is 1. The zero-order valence-corrected chi connectivity index (χ0v) is 19.8. The Kier molecular flexibility index (Phi) is 6.02. The van der Waals surface area contributed by atoms with Gasteiger partial charge < -0.3 is 14.6 Å². The van der Waals surface area contributed by atoms with E-state index in [0.717, 1.165) is 0 Å². The van der Waals surface area contributed by atoms with Gasteiger partial charge in [0.1, 0.15) is 11.3 Å². The minimum absolute atomic E-state index is 0.106. The van der Waals surface area contributed by atoms with Crippen molar-refractivity contribution in [2.75, 3.05) is 24.4 Å². The molecule has 1 N–H and O–H groups in total. The van der Waals surface area contributed by atoms with Gasteiger partial charge in [0.25, 0.3) is 5.91 Å². The summed E-state index contributed by atoms with van der Waals surface area (Å²) in [6, 6.07) is 8.58. The highest BCUT2D eigenvalue weighted by atomic mass is 32.2. The molecule has 8 nitrogen and oxygen atoms in total. The monoisotopic (exact) mass is 470 g/mol. The van der Waals surface area contributed by atoms with Gasteiger partial charge in [-0.15, -0.1) is 0 Å². The van der Waals surface area contributed by atoms with Crippen molar-refractivity contribution in [3.05, 3.63) is 58.8 Å². The van der Waals surface area contributed by atoms with E-state index < -0.39 is 22.0 Å². The van der Waals surface area contributed by atoms with Crippen LogP contribution in [-0.4, -0.2) is 43.9 Å². The molecule has 3 aromatic rings. The highest BCUT2D eigenvalue weighted by molar-refractivity contribution is 7.89. The van der Waals surface area contributed by atoms with Gasteiger partial charge >= 0.3 is 0 Å². The number of aryl methyl sites for hydroxylation is 1. The Bertz CT molecular complexity index is 1350. The van der Waals surface area contributed by atoms with Crippen molar-refractivity contribution in [3.8, 4) is 11.5 Å². The van der Waals surface area contributed by atoms with Crippen molar-refractivity contribution in [2.24, 2.45) is 0 Å². The maximum Gasteiger partial charge on any atom is 0.265 e. The number of benzene rings is 2. The number of aliphatic hydroxyl groups is 1. The third kappa shape index (κ3) is 4.02. The molecule has 1 unspecified atom stereocenters. The molecule has 0 saturated carbocycles. The predicted octanol–water partition coefficient (Wildman–Crippen LogP) is 3.54. The van der Waals surface area contributed by atoms with Gasteiger partial charge in [-0.1, -0.05) is 12.1 Å². The van der Waals surface area contributed by atoms with Gasteiger partial charge in [0.05, 0.1) is 30.1 Å². The van der Waals surface area contributed by atoms with Crippen molar-refractivity contribution < 1.29 is 27.8 Å². The van der Waals surface area contributed by atoms with Crippen LogP contribution in [0.5, 0.6) is 11.5 Å². The van der Waals surface area contributed by atoms with Crippen LogP contribution in [-0.2, 0) is 15.6 Å². The summed E-state index contributed by atoms with van der Waals surface area (Å²) < 4.78 is 35.1. The van der Waals surface area contributed by atoms with E-state index in [1.54, 1.807) is 37.4 Å². The smallest absolute Gasteiger partial charge is 0.265 e. The number of sulfone groups is 1. The molecule has 1 aliphatic heterocycles. The summed E-state index contributed by atoms with van der Waals surface area (Å²) in [5, 5.41) is 12.0. The molecule has 0 bridgehead atoms. The fourth-order valence-corrected chi connectivity index (χ4v) is 5.08. The molecule has 174 valence electrons. The SMILES string of the molecule is CCOc1c2c(c(OCC)c3ncccc13)C(O)N(c1ccc(CS(C)(=O)=O)cc1C)C2=O. The first kappa shape index (κ1) is 23.0. The van der Waals surface area contributed by atoms with Crippen LogP contribution in [0, 0.1) is 6.92 Å². The summed E-state index contributed by atoms with van der Waals surface area (Å²) in [5.41, 5.74) is 2.81. The lowest BCUT2D eigenvalue weighted by atomic mass is 10.0. The lowest BCUT2D eigenvalue weighted by Gasteiger charge is -2.24. The largest absolute Gasteiger partial charge is 0.492 e. The van der Waals surface area contributed by atoms with Crippen LogP contribution in [0.1, 0.15) is 47.1 Å². The first-order valence-corrected chi connectivity index (χ1v) is 12.7. The Balaban J connectivity index is 1.91. The fourth-order valence-electron chi connectivity index (χ4n) is 4.29. The van der Waals surface area contributed by atoms with Gasteiger partial charge in [0.15, 0.2) is 21.8 Å². The Morgan fingerprint density at radius 3 is 2.45 bits per heavy atom. The standard InChI is InChI=1S/C24H26N2O6S/c1-5-31-21-16-8-7-11-25-20(16)22(32-6-2)19-18(21)23(27)26(24(19)28)17-10-9-15(12-14(17)3)13-33(4,29)30/h7-12,24,28H,5-6,13H2,1-4H3. The van der Waals surface area contributed by atoms with Crippen molar-refractivity contribution in [1.29, 1.82) is 0 Å². The van der Waals surface area contributed by atoms with Crippen LogP contribution < -0.4 is 14.4 Å². The Morgan fingerprint density at radius 2 is 1.82 bits per heavy atom. The second-order valence-electron chi connectivity index (χ2n) is 7.95. The topological polar surface area (TPSA) is 106 Å². The van der Waals surface area contributed by atoms with E-state index in [0.29, 0.717) is 58.0 Å². The molecular weight excluding hydrogens is 444 g/mol. The highest BCUT2D eigenvalue weighted by Gasteiger charge is 2.44. The number of pyridine rings is 1. The maximum absolute atomic E-state index is 13.7. The summed E-state index contributed by atoms with van der Waals surface area (Å²) in [6.45, 7) is 6.07. The van der Waals surface area contributed by atoms with Gasteiger partial charge in [0.2, 0.25) is 0 Å². The number of carbonyl (C=O) groups is 1. The van der Waals surface area contributed by atoms with E-state index >= 15 is 0 Å². The molecule has 1 aliphatic rings. The van der Waals surface area contributed by atoms with Gasteiger partial charge in [-0.05, 0) is 50.1 Å². The van der Waals surface area contributed by atoms with Crippen LogP contribution in [0.15, 0.2) is 36.5 Å². The van der Waals surface area contributed by atoms with Crippen molar-refractivity contribution >= 4 is 32.3 Å². The maximum atomic E-state index is 13.7. The number of amides is 1. The minimum Gasteiger partial charge on any atom is -0.492 e. The van der Waals surface area contributed by atoms with Gasteiger partial charge in [-0.25, -0.2) is 8.42 Å². The molecule has 0 aliphatic carbocycles. The number of aliphatic hydroxyl groups excluding tert-OH is 1. The van der Waals surface area contributed by atoms with E-state index in [4.69, 9.17) is 9.47 Å². The number of nitrogens with zero attached hydrogens (tertiary/aromatic N) is 2. The number of rotatable bonds is 7. The zero-order chi connectivity index (χ0) is 23.9. The average molecular weight is 471 g/mol. The Labute approximate surface area is 192 Å². The molecule has 0 saturated heterocycles. The molecule has 1 atom stereocenters. The van der Waals surface area contributed by atoms with Crippen LogP contribution in [0.3, 0.4) is 0 Å². The van der Waals surface area contributed by atoms with E-state index in [2.05, 4.69) is 4.98 Å². The van der Waals surface area contributed by atoms with Crippen LogP contribution >= 0.6 is 0 Å². The number of ether oxygens (including phenoxy) is 2. The van der Waals surface area contributed by atoms with Crippen LogP contribution in [0.2, 0.25) is 0 Å². The number of carbonyl (C=O) groups excluding carboxylic acids is 1. The van der Waals surface area contributed by atoms with Crippen molar-refractivity contribution in [2.45, 2.75) is 32.8 Å². The Morgan fingerprint density at radius 1 is 1.12 bits per heavy atom. The lowest BCUT2D eigenvalue weighted by molar-refractivity contribution is 0.0932. The van der Waals surface area contributed by atoms with Crippen LogP contribution in [0.25, 0.3) is 10.9 Å². The quantitative estimate of drug-likeness (QED) is 0.563. The summed E-state index contributed by atoms with van der Waals surface area (Å²) in [5.74, 6) is 0.176. The number of anilines is 1. The summed E-state index contributed by atoms with van der Waals surface area (Å²) in [7, 11) is -3.21. The summed E-state index contributed by atoms with van der Waals surface area (Å²) >= 11 is 0. The Hall–Kier alpha value is -3.17. The number of fused-ring (bicyclic) bond motifs is 2. The van der Waals surface area contributed by atoms with E-state index in [9.17, 15) is 18.3 Å².